The van der Waals surface area contributed by atoms with Crippen molar-refractivity contribution < 1.29 is 4.79 Å². The number of nitriles is 1. The topological polar surface area (TPSA) is 52.9 Å². The van der Waals surface area contributed by atoms with E-state index in [1.165, 1.54) is 12.8 Å². The normalized spacial score (nSPS) is 25.7. The number of nitrogens with zero attached hydrogens (tertiary/aromatic N) is 1. The zero-order valence-electron chi connectivity index (χ0n) is 8.45. The highest BCUT2D eigenvalue weighted by atomic mass is 32.2. The summed E-state index contributed by atoms with van der Waals surface area (Å²) >= 11 is 1.91. The Morgan fingerprint density at radius 2 is 2.43 bits per heavy atom. The van der Waals surface area contributed by atoms with Crippen LogP contribution in [-0.4, -0.2) is 23.0 Å². The number of rotatable bonds is 4. The molecular formula is C10H16N2OS. The summed E-state index contributed by atoms with van der Waals surface area (Å²) in [6, 6.07) is 2.16. The van der Waals surface area contributed by atoms with E-state index in [1.54, 1.807) is 0 Å². The molecule has 0 saturated heterocycles. The van der Waals surface area contributed by atoms with Crippen LogP contribution >= 0.6 is 11.8 Å². The molecule has 1 amide bonds. The highest BCUT2D eigenvalue weighted by Gasteiger charge is 2.27. The fourth-order valence-electron chi connectivity index (χ4n) is 1.83. The molecule has 1 saturated carbocycles. The van der Waals surface area contributed by atoms with Gasteiger partial charge in [-0.1, -0.05) is 13.3 Å². The van der Waals surface area contributed by atoms with Gasteiger partial charge in [-0.3, -0.25) is 4.79 Å². The van der Waals surface area contributed by atoms with Crippen LogP contribution in [0.15, 0.2) is 0 Å². The quantitative estimate of drug-likeness (QED) is 0.771. The van der Waals surface area contributed by atoms with E-state index in [0.29, 0.717) is 11.3 Å². The molecular weight excluding hydrogens is 196 g/mol. The zero-order valence-corrected chi connectivity index (χ0v) is 9.27. The van der Waals surface area contributed by atoms with E-state index in [9.17, 15) is 4.79 Å². The van der Waals surface area contributed by atoms with Gasteiger partial charge < -0.3 is 5.32 Å². The van der Waals surface area contributed by atoms with Gasteiger partial charge in [-0.25, -0.2) is 0 Å². The molecule has 0 aromatic heterocycles. The first kappa shape index (κ1) is 11.4. The van der Waals surface area contributed by atoms with Gasteiger partial charge in [-0.15, -0.1) is 0 Å². The van der Waals surface area contributed by atoms with E-state index < -0.39 is 0 Å². The Kier molecular flexibility index (Phi) is 4.81. The summed E-state index contributed by atoms with van der Waals surface area (Å²) in [6.07, 6.45) is 3.43. The maximum Gasteiger partial charge on any atom is 0.234 e. The molecule has 0 aromatic rings. The van der Waals surface area contributed by atoms with Crippen LogP contribution in [-0.2, 0) is 4.79 Å². The van der Waals surface area contributed by atoms with Gasteiger partial charge >= 0.3 is 0 Å². The summed E-state index contributed by atoms with van der Waals surface area (Å²) in [6.45, 7) is 2.14. The molecule has 1 aliphatic carbocycles. The van der Waals surface area contributed by atoms with E-state index in [4.69, 9.17) is 5.26 Å². The van der Waals surface area contributed by atoms with Gasteiger partial charge in [0, 0.05) is 11.3 Å². The number of nitrogens with one attached hydrogen (secondary N) is 1. The van der Waals surface area contributed by atoms with Crippen LogP contribution in [0.4, 0.5) is 0 Å². The molecule has 1 fully saturated rings. The van der Waals surface area contributed by atoms with Crippen molar-refractivity contribution in [3.8, 4) is 6.07 Å². The Bertz CT molecular complexity index is 237. The Labute approximate surface area is 89.2 Å². The predicted octanol–water partition coefficient (Wildman–Crippen LogP) is 1.69. The van der Waals surface area contributed by atoms with E-state index in [2.05, 4.69) is 12.2 Å². The van der Waals surface area contributed by atoms with Crippen molar-refractivity contribution in [1.82, 2.24) is 5.32 Å². The molecule has 2 unspecified atom stereocenters. The van der Waals surface area contributed by atoms with Crippen LogP contribution in [0.3, 0.4) is 0 Å². The monoisotopic (exact) mass is 212 g/mol. The highest BCUT2D eigenvalue weighted by molar-refractivity contribution is 7.99. The number of hydrogen-bond acceptors (Lipinski definition) is 3. The van der Waals surface area contributed by atoms with Gasteiger partial charge in [0.1, 0.15) is 6.42 Å². The summed E-state index contributed by atoms with van der Waals surface area (Å²) < 4.78 is 0. The third kappa shape index (κ3) is 3.22. The van der Waals surface area contributed by atoms with Crippen molar-refractivity contribution in [2.24, 2.45) is 0 Å². The molecule has 0 radical (unpaired) electrons. The van der Waals surface area contributed by atoms with Crippen LogP contribution in [0.25, 0.3) is 0 Å². The van der Waals surface area contributed by atoms with Crippen molar-refractivity contribution >= 4 is 17.7 Å². The lowest BCUT2D eigenvalue weighted by Crippen LogP contribution is -2.38. The summed E-state index contributed by atoms with van der Waals surface area (Å²) in [5, 5.41) is 11.9. The fourth-order valence-corrected chi connectivity index (χ4v) is 3.03. The molecule has 14 heavy (non-hydrogen) atoms. The van der Waals surface area contributed by atoms with Crippen molar-refractivity contribution in [2.75, 3.05) is 5.75 Å². The molecule has 0 bridgehead atoms. The molecule has 2 atom stereocenters. The van der Waals surface area contributed by atoms with Crippen LogP contribution in [0.5, 0.6) is 0 Å². The molecule has 1 rings (SSSR count). The van der Waals surface area contributed by atoms with Gasteiger partial charge in [0.25, 0.3) is 0 Å². The Balaban J connectivity index is 2.35. The minimum Gasteiger partial charge on any atom is -0.351 e. The second-order valence-electron chi connectivity index (χ2n) is 3.43. The first-order valence-electron chi connectivity index (χ1n) is 5.05. The van der Waals surface area contributed by atoms with Crippen LogP contribution in [0.2, 0.25) is 0 Å². The molecule has 1 aliphatic rings. The lowest BCUT2D eigenvalue weighted by molar-refractivity contribution is -0.120. The van der Waals surface area contributed by atoms with Crippen LogP contribution < -0.4 is 5.32 Å². The van der Waals surface area contributed by atoms with Crippen molar-refractivity contribution in [1.29, 1.82) is 5.26 Å². The molecule has 0 aromatic carbocycles. The molecule has 3 nitrogen and oxygen atoms in total. The number of carbonyl (C=O) groups is 1. The van der Waals surface area contributed by atoms with Crippen LogP contribution in [0.1, 0.15) is 32.6 Å². The molecule has 78 valence electrons. The molecule has 1 N–H and O–H groups in total. The minimum atomic E-state index is -0.124. The second kappa shape index (κ2) is 5.92. The van der Waals surface area contributed by atoms with Crippen molar-refractivity contribution in [3.05, 3.63) is 0 Å². The zero-order chi connectivity index (χ0) is 10.4. The summed E-state index contributed by atoms with van der Waals surface area (Å²) in [7, 11) is 0. The summed E-state index contributed by atoms with van der Waals surface area (Å²) in [5.74, 6) is 0.969. The third-order valence-electron chi connectivity index (χ3n) is 2.42. The Hall–Kier alpha value is -0.690. The maximum absolute atomic E-state index is 11.2. The summed E-state index contributed by atoms with van der Waals surface area (Å²) in [5.41, 5.74) is 0. The largest absolute Gasteiger partial charge is 0.351 e. The smallest absolute Gasteiger partial charge is 0.234 e. The first-order chi connectivity index (χ1) is 6.77. The highest BCUT2D eigenvalue weighted by Crippen LogP contribution is 2.29. The Morgan fingerprint density at radius 1 is 1.64 bits per heavy atom. The molecule has 0 heterocycles. The van der Waals surface area contributed by atoms with Gasteiger partial charge in [0.05, 0.1) is 6.07 Å². The standard InChI is InChI=1S/C10H16N2OS/c1-2-14-9-5-3-4-8(9)12-10(13)6-7-11/h8-9H,2-6H2,1H3,(H,12,13). The van der Waals surface area contributed by atoms with E-state index in [-0.39, 0.29) is 12.3 Å². The third-order valence-corrected chi connectivity index (χ3v) is 3.75. The average molecular weight is 212 g/mol. The van der Waals surface area contributed by atoms with E-state index >= 15 is 0 Å². The number of carbonyl (C=O) groups excluding carboxylic acids is 1. The lowest BCUT2D eigenvalue weighted by atomic mass is 10.2. The van der Waals surface area contributed by atoms with Gasteiger partial charge in [-0.05, 0) is 18.6 Å². The second-order valence-corrected chi connectivity index (χ2v) is 4.95. The van der Waals surface area contributed by atoms with Gasteiger partial charge in [-0.2, -0.15) is 17.0 Å². The van der Waals surface area contributed by atoms with E-state index in [0.717, 1.165) is 12.2 Å². The molecule has 0 spiro atoms. The minimum absolute atomic E-state index is 0.0139. The number of amides is 1. The predicted molar refractivity (Wildman–Crippen MR) is 57.9 cm³/mol. The Morgan fingerprint density at radius 3 is 3.07 bits per heavy atom. The van der Waals surface area contributed by atoms with Crippen molar-refractivity contribution in [3.63, 3.8) is 0 Å². The average Bonchev–Trinajstić information content (AvgIpc) is 2.54. The van der Waals surface area contributed by atoms with Gasteiger partial charge in [0.2, 0.25) is 5.91 Å². The fraction of sp³-hybridized carbons (Fsp3) is 0.800. The first-order valence-corrected chi connectivity index (χ1v) is 6.10. The maximum atomic E-state index is 11.2. The number of thioether (sulfide) groups is 1. The van der Waals surface area contributed by atoms with E-state index in [1.807, 2.05) is 17.8 Å². The lowest BCUT2D eigenvalue weighted by Gasteiger charge is -2.19. The van der Waals surface area contributed by atoms with Gasteiger partial charge in [0.15, 0.2) is 0 Å². The van der Waals surface area contributed by atoms with Crippen molar-refractivity contribution in [2.45, 2.75) is 43.9 Å². The van der Waals surface area contributed by atoms with Crippen LogP contribution in [0, 0.1) is 11.3 Å². The number of hydrogen-bond donors (Lipinski definition) is 1. The SMILES string of the molecule is CCSC1CCCC1NC(=O)CC#N. The summed E-state index contributed by atoms with van der Waals surface area (Å²) in [4.78, 5) is 11.2. The molecule has 4 heteroatoms. The molecule has 0 aliphatic heterocycles.